The number of aromatic nitrogens is 2. The second kappa shape index (κ2) is 10.6. The van der Waals surface area contributed by atoms with Gasteiger partial charge in [-0.1, -0.05) is 35.3 Å². The number of hydrogen-bond acceptors (Lipinski definition) is 4. The highest BCUT2D eigenvalue weighted by atomic mass is 35.5. The van der Waals surface area contributed by atoms with Crippen LogP contribution in [0.1, 0.15) is 18.9 Å². The summed E-state index contributed by atoms with van der Waals surface area (Å²) in [5.41, 5.74) is 2.97. The zero-order chi connectivity index (χ0) is 18.4. The van der Waals surface area contributed by atoms with Gasteiger partial charge in [0.2, 0.25) is 5.95 Å². The third-order valence-corrected chi connectivity index (χ3v) is 4.40. The van der Waals surface area contributed by atoms with Gasteiger partial charge in [0.05, 0.1) is 22.7 Å². The van der Waals surface area contributed by atoms with E-state index in [2.05, 4.69) is 20.6 Å². The van der Waals surface area contributed by atoms with E-state index in [0.717, 1.165) is 42.1 Å². The normalized spacial score (nSPS) is 10.6. The van der Waals surface area contributed by atoms with E-state index >= 15 is 0 Å². The minimum absolute atomic E-state index is 0. The van der Waals surface area contributed by atoms with Gasteiger partial charge < -0.3 is 20.4 Å². The van der Waals surface area contributed by atoms with E-state index in [-0.39, 0.29) is 12.4 Å². The van der Waals surface area contributed by atoms with Crippen LogP contribution >= 0.6 is 35.6 Å². The summed E-state index contributed by atoms with van der Waals surface area (Å²) in [7, 11) is 0. The number of aromatic amines is 1. The molecule has 0 atom stereocenters. The molecule has 0 aliphatic rings. The minimum atomic E-state index is 0. The first-order chi connectivity index (χ1) is 12.7. The number of H-pyrrole nitrogens is 1. The van der Waals surface area contributed by atoms with Gasteiger partial charge in [0.15, 0.2) is 0 Å². The monoisotopic (exact) mass is 428 g/mol. The molecule has 0 radical (unpaired) electrons. The quantitative estimate of drug-likeness (QED) is 0.405. The molecule has 3 N–H and O–H groups in total. The Morgan fingerprint density at radius 2 is 1.96 bits per heavy atom. The number of nitrogens with zero attached hydrogens (tertiary/aromatic N) is 1. The van der Waals surface area contributed by atoms with Crippen LogP contribution < -0.4 is 15.4 Å². The van der Waals surface area contributed by atoms with E-state index in [1.807, 2.05) is 37.3 Å². The number of halogens is 3. The maximum absolute atomic E-state index is 6.22. The van der Waals surface area contributed by atoms with Crippen LogP contribution in [0.15, 0.2) is 36.4 Å². The van der Waals surface area contributed by atoms with Crippen LogP contribution in [0.3, 0.4) is 0 Å². The van der Waals surface area contributed by atoms with Crippen LogP contribution in [0, 0.1) is 0 Å². The van der Waals surface area contributed by atoms with Gasteiger partial charge in [0.1, 0.15) is 5.75 Å². The summed E-state index contributed by atoms with van der Waals surface area (Å²) in [6.45, 7) is 4.83. The average molecular weight is 430 g/mol. The molecule has 0 aliphatic carbocycles. The predicted octanol–water partition coefficient (Wildman–Crippen LogP) is 5.28. The molecule has 5 nitrogen and oxygen atoms in total. The van der Waals surface area contributed by atoms with Crippen molar-refractivity contribution in [1.29, 1.82) is 0 Å². The lowest BCUT2D eigenvalue weighted by molar-refractivity contribution is 0.335. The number of ether oxygens (including phenoxy) is 1. The SMILES string of the molecule is CCOc1c(Cl)cc(Cl)cc1CNCCCNc1nc2ccccc2[nH]1.Cl. The average Bonchev–Trinajstić information content (AvgIpc) is 3.03. The van der Waals surface area contributed by atoms with Crippen LogP contribution in [-0.4, -0.2) is 29.7 Å². The van der Waals surface area contributed by atoms with E-state index in [1.165, 1.54) is 0 Å². The Morgan fingerprint density at radius 1 is 1.15 bits per heavy atom. The molecule has 0 saturated carbocycles. The molecule has 0 aliphatic heterocycles. The van der Waals surface area contributed by atoms with Gasteiger partial charge in [-0.3, -0.25) is 0 Å². The molecule has 3 rings (SSSR count). The van der Waals surface area contributed by atoms with Gasteiger partial charge in [-0.25, -0.2) is 4.98 Å². The zero-order valence-corrected chi connectivity index (χ0v) is 17.3. The zero-order valence-electron chi connectivity index (χ0n) is 15.0. The number of imidazole rings is 1. The van der Waals surface area contributed by atoms with Crippen molar-refractivity contribution in [2.45, 2.75) is 19.9 Å². The summed E-state index contributed by atoms with van der Waals surface area (Å²) in [4.78, 5) is 7.75. The third kappa shape index (κ3) is 5.91. The number of anilines is 1. The first-order valence-corrected chi connectivity index (χ1v) is 9.43. The number of benzene rings is 2. The fraction of sp³-hybridized carbons (Fsp3) is 0.316. The Bertz CT molecular complexity index is 836. The van der Waals surface area contributed by atoms with Crippen molar-refractivity contribution in [3.8, 4) is 5.75 Å². The molecule has 8 heteroatoms. The van der Waals surface area contributed by atoms with Crippen molar-refractivity contribution in [3.63, 3.8) is 0 Å². The number of para-hydroxylation sites is 2. The molecule has 3 aromatic rings. The Hall–Kier alpha value is -1.66. The molecular weight excluding hydrogens is 407 g/mol. The Labute approximate surface area is 175 Å². The second-order valence-electron chi connectivity index (χ2n) is 5.87. The highest BCUT2D eigenvalue weighted by Gasteiger charge is 2.10. The van der Waals surface area contributed by atoms with E-state index in [0.29, 0.717) is 28.9 Å². The van der Waals surface area contributed by atoms with Crippen LogP contribution in [0.2, 0.25) is 10.0 Å². The van der Waals surface area contributed by atoms with Gasteiger partial charge in [-0.2, -0.15) is 0 Å². The molecule has 146 valence electrons. The molecule has 1 aromatic heterocycles. The van der Waals surface area contributed by atoms with Gasteiger partial charge in [0, 0.05) is 23.7 Å². The lowest BCUT2D eigenvalue weighted by Crippen LogP contribution is -2.18. The molecule has 0 fully saturated rings. The number of hydrogen-bond donors (Lipinski definition) is 3. The smallest absolute Gasteiger partial charge is 0.201 e. The van der Waals surface area contributed by atoms with E-state index < -0.39 is 0 Å². The minimum Gasteiger partial charge on any atom is -0.492 e. The summed E-state index contributed by atoms with van der Waals surface area (Å²) in [6, 6.07) is 11.6. The summed E-state index contributed by atoms with van der Waals surface area (Å²) >= 11 is 12.3. The van der Waals surface area contributed by atoms with Gasteiger partial charge in [-0.05, 0) is 44.2 Å². The van der Waals surface area contributed by atoms with E-state index in [1.54, 1.807) is 6.07 Å². The topological polar surface area (TPSA) is 62.0 Å². The van der Waals surface area contributed by atoms with Crippen molar-refractivity contribution in [3.05, 3.63) is 52.0 Å². The predicted molar refractivity (Wildman–Crippen MR) is 116 cm³/mol. The molecule has 2 aromatic carbocycles. The lowest BCUT2D eigenvalue weighted by atomic mass is 10.2. The summed E-state index contributed by atoms with van der Waals surface area (Å²) in [6.07, 6.45) is 0.954. The number of rotatable bonds is 9. The van der Waals surface area contributed by atoms with Crippen molar-refractivity contribution in [1.82, 2.24) is 15.3 Å². The van der Waals surface area contributed by atoms with Gasteiger partial charge in [-0.15, -0.1) is 12.4 Å². The van der Waals surface area contributed by atoms with Gasteiger partial charge >= 0.3 is 0 Å². The van der Waals surface area contributed by atoms with Crippen LogP contribution in [0.5, 0.6) is 5.75 Å². The molecule has 0 spiro atoms. The Kier molecular flexibility index (Phi) is 8.51. The second-order valence-corrected chi connectivity index (χ2v) is 6.71. The first-order valence-electron chi connectivity index (χ1n) is 8.67. The number of fused-ring (bicyclic) bond motifs is 1. The molecular formula is C19H23Cl3N4O. The number of nitrogens with one attached hydrogen (secondary N) is 3. The van der Waals surface area contributed by atoms with Crippen molar-refractivity contribution in [2.24, 2.45) is 0 Å². The fourth-order valence-electron chi connectivity index (χ4n) is 2.73. The molecule has 0 saturated heterocycles. The largest absolute Gasteiger partial charge is 0.492 e. The van der Waals surface area contributed by atoms with Crippen LogP contribution in [0.4, 0.5) is 5.95 Å². The maximum atomic E-state index is 6.22. The van der Waals surface area contributed by atoms with E-state index in [4.69, 9.17) is 27.9 Å². The van der Waals surface area contributed by atoms with Gasteiger partial charge in [0.25, 0.3) is 0 Å². The maximum Gasteiger partial charge on any atom is 0.201 e. The summed E-state index contributed by atoms with van der Waals surface area (Å²) in [5, 5.41) is 7.87. The standard InChI is InChI=1S/C19H22Cl2N4O.ClH/c1-2-26-18-13(10-14(20)11-15(18)21)12-22-8-5-9-23-19-24-16-6-3-4-7-17(16)25-19;/h3-4,6-7,10-11,22H,2,5,8-9,12H2,1H3,(H2,23,24,25);1H. The summed E-state index contributed by atoms with van der Waals surface area (Å²) in [5.74, 6) is 1.50. The highest BCUT2D eigenvalue weighted by molar-refractivity contribution is 6.35. The van der Waals surface area contributed by atoms with Crippen LogP contribution in [0.25, 0.3) is 11.0 Å². The first kappa shape index (κ1) is 21.6. The van der Waals surface area contributed by atoms with Crippen LogP contribution in [-0.2, 0) is 6.54 Å². The highest BCUT2D eigenvalue weighted by Crippen LogP contribution is 2.32. The fourth-order valence-corrected chi connectivity index (χ4v) is 3.32. The molecule has 1 heterocycles. The Morgan fingerprint density at radius 3 is 2.74 bits per heavy atom. The molecule has 0 amide bonds. The van der Waals surface area contributed by atoms with Crippen molar-refractivity contribution < 1.29 is 4.74 Å². The van der Waals surface area contributed by atoms with Crippen molar-refractivity contribution in [2.75, 3.05) is 25.0 Å². The Balaban J connectivity index is 0.00000261. The third-order valence-electron chi connectivity index (χ3n) is 3.90. The summed E-state index contributed by atoms with van der Waals surface area (Å²) < 4.78 is 5.63. The van der Waals surface area contributed by atoms with Crippen molar-refractivity contribution >= 4 is 52.6 Å². The van der Waals surface area contributed by atoms with E-state index in [9.17, 15) is 0 Å². The lowest BCUT2D eigenvalue weighted by Gasteiger charge is -2.13. The molecule has 0 bridgehead atoms. The molecule has 0 unspecified atom stereocenters. The molecule has 27 heavy (non-hydrogen) atoms.